The minimum Gasteiger partial charge on any atom is -0.299 e. The average molecular weight is 412 g/mol. The Hall–Kier alpha value is -1.90. The van der Waals surface area contributed by atoms with Crippen molar-refractivity contribution < 1.29 is 22.0 Å². The standard InChI is InChI=1S/C19H23F2NO3SSi/c1-14-10-8-9-13-16(14)17(19(20,21)18(23)27(2,3)4)22-26(24,25)15-11-6-5-7-12-15/h5-13,17,22H,1-4H3. The van der Waals surface area contributed by atoms with E-state index in [2.05, 4.69) is 4.72 Å². The smallest absolute Gasteiger partial charge is 0.299 e. The molecule has 1 atom stereocenters. The molecule has 1 N–H and O–H groups in total. The van der Waals surface area contributed by atoms with Crippen molar-refractivity contribution in [1.82, 2.24) is 4.72 Å². The van der Waals surface area contributed by atoms with E-state index in [0.29, 0.717) is 5.56 Å². The minimum absolute atomic E-state index is 0.0774. The Morgan fingerprint density at radius 1 is 1.00 bits per heavy atom. The molecule has 146 valence electrons. The van der Waals surface area contributed by atoms with Crippen molar-refractivity contribution in [3.8, 4) is 0 Å². The number of benzene rings is 2. The number of carbonyl (C=O) groups excluding carboxylic acids is 1. The van der Waals surface area contributed by atoms with Crippen LogP contribution in [-0.2, 0) is 14.8 Å². The van der Waals surface area contributed by atoms with E-state index in [1.807, 2.05) is 0 Å². The number of hydrogen-bond acceptors (Lipinski definition) is 3. The zero-order chi connectivity index (χ0) is 20.5. The van der Waals surface area contributed by atoms with Crippen LogP contribution in [-0.4, -0.2) is 27.8 Å². The Morgan fingerprint density at radius 3 is 2.04 bits per heavy atom. The number of aryl methyl sites for hydroxylation is 1. The first-order chi connectivity index (χ1) is 12.4. The minimum atomic E-state index is -4.25. The zero-order valence-corrected chi connectivity index (χ0v) is 17.5. The summed E-state index contributed by atoms with van der Waals surface area (Å²) in [5.41, 5.74) is 0.551. The third-order valence-corrected chi connectivity index (χ3v) is 7.31. The van der Waals surface area contributed by atoms with E-state index in [1.54, 1.807) is 31.2 Å². The predicted molar refractivity (Wildman–Crippen MR) is 104 cm³/mol. The number of hydrogen-bond donors (Lipinski definition) is 1. The van der Waals surface area contributed by atoms with Crippen molar-refractivity contribution in [3.63, 3.8) is 0 Å². The first kappa shape index (κ1) is 21.4. The molecule has 0 saturated carbocycles. The summed E-state index contributed by atoms with van der Waals surface area (Å²) in [4.78, 5) is 12.4. The fourth-order valence-electron chi connectivity index (χ4n) is 2.70. The molecule has 0 saturated heterocycles. The molecule has 0 aliphatic rings. The quantitative estimate of drug-likeness (QED) is 0.698. The molecule has 0 aliphatic heterocycles. The lowest BCUT2D eigenvalue weighted by Crippen LogP contribution is -2.53. The molecule has 0 amide bonds. The number of halogens is 2. The van der Waals surface area contributed by atoms with Crippen LogP contribution in [0.3, 0.4) is 0 Å². The second kappa shape index (κ2) is 7.61. The van der Waals surface area contributed by atoms with E-state index in [9.17, 15) is 13.2 Å². The lowest BCUT2D eigenvalue weighted by atomic mass is 9.97. The molecular formula is C19H23F2NO3SSi. The summed E-state index contributed by atoms with van der Waals surface area (Å²) < 4.78 is 58.0. The van der Waals surface area contributed by atoms with Gasteiger partial charge in [0.05, 0.1) is 4.90 Å². The summed E-state index contributed by atoms with van der Waals surface area (Å²) in [6.07, 6.45) is 0. The number of sulfonamides is 1. The summed E-state index contributed by atoms with van der Waals surface area (Å²) in [5, 5.41) is -1.20. The largest absolute Gasteiger partial charge is 0.320 e. The van der Waals surface area contributed by atoms with Gasteiger partial charge in [0.25, 0.3) is 0 Å². The Morgan fingerprint density at radius 2 is 1.52 bits per heavy atom. The van der Waals surface area contributed by atoms with E-state index >= 15 is 8.78 Å². The molecule has 0 radical (unpaired) electrons. The number of rotatable bonds is 7. The van der Waals surface area contributed by atoms with Gasteiger partial charge in [-0.3, -0.25) is 4.79 Å². The zero-order valence-electron chi connectivity index (χ0n) is 15.7. The highest BCUT2D eigenvalue weighted by Crippen LogP contribution is 2.37. The molecular weight excluding hydrogens is 388 g/mol. The fraction of sp³-hybridized carbons (Fsp3) is 0.316. The van der Waals surface area contributed by atoms with Crippen LogP contribution in [0.2, 0.25) is 19.6 Å². The summed E-state index contributed by atoms with van der Waals surface area (Å²) >= 11 is 0. The highest BCUT2D eigenvalue weighted by molar-refractivity contribution is 7.89. The fourth-order valence-corrected chi connectivity index (χ4v) is 5.08. The number of alkyl halides is 2. The van der Waals surface area contributed by atoms with Crippen molar-refractivity contribution in [2.45, 2.75) is 43.4 Å². The predicted octanol–water partition coefficient (Wildman–Crippen LogP) is 4.10. The SMILES string of the molecule is Cc1ccccc1C(NS(=O)(=O)c1ccccc1)C(F)(F)C(=O)[Si](C)(C)C. The van der Waals surface area contributed by atoms with Gasteiger partial charge in [0, 0.05) is 0 Å². The van der Waals surface area contributed by atoms with Crippen LogP contribution in [0.25, 0.3) is 0 Å². The van der Waals surface area contributed by atoms with Crippen LogP contribution < -0.4 is 4.72 Å². The lowest BCUT2D eigenvalue weighted by Gasteiger charge is -2.31. The topological polar surface area (TPSA) is 63.2 Å². The van der Waals surface area contributed by atoms with Gasteiger partial charge in [0.1, 0.15) is 14.1 Å². The Bertz CT molecular complexity index is 925. The van der Waals surface area contributed by atoms with Crippen molar-refractivity contribution >= 4 is 23.5 Å². The van der Waals surface area contributed by atoms with Gasteiger partial charge in [-0.1, -0.05) is 62.1 Å². The Balaban J connectivity index is 2.58. The molecule has 0 fully saturated rings. The monoisotopic (exact) mass is 411 g/mol. The lowest BCUT2D eigenvalue weighted by molar-refractivity contribution is -0.139. The van der Waals surface area contributed by atoms with Gasteiger partial charge in [0.15, 0.2) is 5.41 Å². The van der Waals surface area contributed by atoms with E-state index in [0.717, 1.165) is 0 Å². The van der Waals surface area contributed by atoms with E-state index < -0.39 is 35.5 Å². The second-order valence-corrected chi connectivity index (χ2v) is 14.1. The molecule has 8 heteroatoms. The molecule has 1 unspecified atom stereocenters. The maximum Gasteiger partial charge on any atom is 0.320 e. The van der Waals surface area contributed by atoms with E-state index in [4.69, 9.17) is 0 Å². The third kappa shape index (κ3) is 4.69. The molecule has 0 aliphatic carbocycles. The van der Waals surface area contributed by atoms with E-state index in [1.165, 1.54) is 50.0 Å². The van der Waals surface area contributed by atoms with Crippen molar-refractivity contribution in [2.75, 3.05) is 0 Å². The normalized spacial score (nSPS) is 14.0. The molecule has 4 nitrogen and oxygen atoms in total. The van der Waals surface area contributed by atoms with Crippen molar-refractivity contribution in [2.24, 2.45) is 0 Å². The molecule has 2 aromatic rings. The summed E-state index contributed by atoms with van der Waals surface area (Å²) in [5.74, 6) is -3.88. The molecule has 2 rings (SSSR count). The van der Waals surface area contributed by atoms with Crippen LogP contribution in [0.5, 0.6) is 0 Å². The van der Waals surface area contributed by atoms with Gasteiger partial charge in [-0.05, 0) is 30.2 Å². The van der Waals surface area contributed by atoms with E-state index in [-0.39, 0.29) is 10.5 Å². The van der Waals surface area contributed by atoms with Gasteiger partial charge in [-0.25, -0.2) is 8.42 Å². The first-order valence-electron chi connectivity index (χ1n) is 8.43. The van der Waals surface area contributed by atoms with Gasteiger partial charge in [-0.15, -0.1) is 0 Å². The highest BCUT2D eigenvalue weighted by Gasteiger charge is 2.53. The van der Waals surface area contributed by atoms with Gasteiger partial charge >= 0.3 is 5.92 Å². The molecule has 0 spiro atoms. The van der Waals surface area contributed by atoms with Gasteiger partial charge in [-0.2, -0.15) is 13.5 Å². The van der Waals surface area contributed by atoms with Crippen LogP contribution in [0.1, 0.15) is 17.2 Å². The van der Waals surface area contributed by atoms with Crippen LogP contribution in [0, 0.1) is 6.92 Å². The van der Waals surface area contributed by atoms with Crippen LogP contribution >= 0.6 is 0 Å². The second-order valence-electron chi connectivity index (χ2n) is 7.43. The molecule has 0 aromatic heterocycles. The Kier molecular flexibility index (Phi) is 6.03. The summed E-state index contributed by atoms with van der Waals surface area (Å²) in [7, 11) is -7.14. The number of carbonyl (C=O) groups is 1. The van der Waals surface area contributed by atoms with Crippen molar-refractivity contribution in [3.05, 3.63) is 65.7 Å². The van der Waals surface area contributed by atoms with Crippen LogP contribution in [0.15, 0.2) is 59.5 Å². The molecule has 0 bridgehead atoms. The molecule has 27 heavy (non-hydrogen) atoms. The van der Waals surface area contributed by atoms with Gasteiger partial charge < -0.3 is 0 Å². The first-order valence-corrected chi connectivity index (χ1v) is 13.4. The van der Waals surface area contributed by atoms with Crippen LogP contribution in [0.4, 0.5) is 8.78 Å². The highest BCUT2D eigenvalue weighted by atomic mass is 32.2. The van der Waals surface area contributed by atoms with Gasteiger partial charge in [0.2, 0.25) is 10.0 Å². The third-order valence-electron chi connectivity index (χ3n) is 4.17. The molecule has 0 heterocycles. The summed E-state index contributed by atoms with van der Waals surface area (Å²) in [6.45, 7) is 6.16. The van der Waals surface area contributed by atoms with Crippen molar-refractivity contribution in [1.29, 1.82) is 0 Å². The summed E-state index contributed by atoms with van der Waals surface area (Å²) in [6, 6.07) is 11.5. The Labute approximate surface area is 159 Å². The molecule has 2 aromatic carbocycles. The number of nitrogens with one attached hydrogen (secondary N) is 1. The maximum atomic E-state index is 15.2. The average Bonchev–Trinajstić information content (AvgIpc) is 2.59. The maximum absolute atomic E-state index is 15.2.